The number of ether oxygens (including phenoxy) is 1. The number of hydrogen-bond donors (Lipinski definition) is 0. The summed E-state index contributed by atoms with van der Waals surface area (Å²) in [5.41, 5.74) is -0.335. The molecule has 1 saturated heterocycles. The van der Waals surface area contributed by atoms with E-state index in [1.165, 1.54) is 23.7 Å². The van der Waals surface area contributed by atoms with Crippen LogP contribution in [0.5, 0.6) is 0 Å². The molecule has 20 heavy (non-hydrogen) atoms. The van der Waals surface area contributed by atoms with Crippen LogP contribution in [0.2, 0.25) is 10.0 Å². The lowest BCUT2D eigenvalue weighted by molar-refractivity contribution is -0.0996. The number of morpholine rings is 1. The van der Waals surface area contributed by atoms with Crippen molar-refractivity contribution in [2.45, 2.75) is 44.5 Å². The molecule has 0 bridgehead atoms. The molecule has 5 nitrogen and oxygen atoms in total. The molecule has 2 unspecified atom stereocenters. The summed E-state index contributed by atoms with van der Waals surface area (Å²) in [6.07, 6.45) is 6.36. The van der Waals surface area contributed by atoms with Gasteiger partial charge in [-0.25, -0.2) is 4.68 Å². The second-order valence-electron chi connectivity index (χ2n) is 5.33. The summed E-state index contributed by atoms with van der Waals surface area (Å²) in [5.74, 6) is 0. The molecule has 1 saturated carbocycles. The van der Waals surface area contributed by atoms with Crippen molar-refractivity contribution in [3.63, 3.8) is 0 Å². The Morgan fingerprint density at radius 2 is 2.15 bits per heavy atom. The van der Waals surface area contributed by atoms with Crippen molar-refractivity contribution in [3.8, 4) is 0 Å². The second kappa shape index (κ2) is 6.02. The SMILES string of the molecule is O=c1c(Cl)c(Cl)cnn1CN1CCOC2CCCCC21. The van der Waals surface area contributed by atoms with Crippen LogP contribution in [0, 0.1) is 0 Å². The lowest BCUT2D eigenvalue weighted by atomic mass is 9.90. The fourth-order valence-corrected chi connectivity index (χ4v) is 3.34. The van der Waals surface area contributed by atoms with E-state index in [4.69, 9.17) is 27.9 Å². The van der Waals surface area contributed by atoms with Crippen LogP contribution in [0.25, 0.3) is 0 Å². The molecular formula is C13H17Cl2N3O2. The minimum Gasteiger partial charge on any atom is -0.375 e. The van der Waals surface area contributed by atoms with Crippen LogP contribution >= 0.6 is 23.2 Å². The molecule has 0 spiro atoms. The zero-order chi connectivity index (χ0) is 14.1. The lowest BCUT2D eigenvalue weighted by Gasteiger charge is -2.43. The molecule has 7 heteroatoms. The summed E-state index contributed by atoms with van der Waals surface area (Å²) in [4.78, 5) is 14.3. The average Bonchev–Trinajstić information content (AvgIpc) is 2.48. The molecule has 0 N–H and O–H groups in total. The summed E-state index contributed by atoms with van der Waals surface area (Å²) in [6.45, 7) is 1.97. The predicted molar refractivity (Wildman–Crippen MR) is 77.2 cm³/mol. The molecule has 0 amide bonds. The van der Waals surface area contributed by atoms with Crippen molar-refractivity contribution in [1.82, 2.24) is 14.7 Å². The molecule has 1 aliphatic carbocycles. The van der Waals surface area contributed by atoms with Crippen LogP contribution in [0.3, 0.4) is 0 Å². The Hall–Kier alpha value is -0.620. The quantitative estimate of drug-likeness (QED) is 0.838. The maximum Gasteiger partial charge on any atom is 0.288 e. The molecular weight excluding hydrogens is 301 g/mol. The van der Waals surface area contributed by atoms with Crippen LogP contribution in [-0.4, -0.2) is 40.0 Å². The number of fused-ring (bicyclic) bond motifs is 1. The molecule has 0 radical (unpaired) electrons. The number of hydrogen-bond acceptors (Lipinski definition) is 4. The molecule has 110 valence electrons. The van der Waals surface area contributed by atoms with Crippen LogP contribution in [0.15, 0.2) is 11.0 Å². The Morgan fingerprint density at radius 3 is 3.00 bits per heavy atom. The molecule has 2 heterocycles. The van der Waals surface area contributed by atoms with Crippen molar-refractivity contribution >= 4 is 23.2 Å². The smallest absolute Gasteiger partial charge is 0.288 e. The molecule has 2 atom stereocenters. The molecule has 3 rings (SSSR count). The first-order chi connectivity index (χ1) is 9.66. The highest BCUT2D eigenvalue weighted by atomic mass is 35.5. The van der Waals surface area contributed by atoms with Gasteiger partial charge in [-0.05, 0) is 12.8 Å². The van der Waals surface area contributed by atoms with Gasteiger partial charge in [0.2, 0.25) is 0 Å². The highest BCUT2D eigenvalue weighted by Gasteiger charge is 2.34. The van der Waals surface area contributed by atoms with Crippen LogP contribution in [0.1, 0.15) is 25.7 Å². The number of aromatic nitrogens is 2. The van der Waals surface area contributed by atoms with Gasteiger partial charge < -0.3 is 4.74 Å². The van der Waals surface area contributed by atoms with Gasteiger partial charge in [0, 0.05) is 12.6 Å². The molecule has 0 aromatic carbocycles. The number of nitrogens with zero attached hydrogens (tertiary/aromatic N) is 3. The minimum absolute atomic E-state index is 0.0371. The highest BCUT2D eigenvalue weighted by molar-refractivity contribution is 6.41. The third kappa shape index (κ3) is 2.72. The fraction of sp³-hybridized carbons (Fsp3) is 0.692. The Balaban J connectivity index is 1.80. The zero-order valence-electron chi connectivity index (χ0n) is 11.1. The standard InChI is InChI=1S/C13H17Cl2N3O2/c14-9-7-16-18(13(19)12(9)15)8-17-5-6-20-11-4-2-1-3-10(11)17/h7,10-11H,1-6,8H2. The van der Waals surface area contributed by atoms with Gasteiger partial charge in [0.05, 0.1) is 30.6 Å². The third-order valence-corrected chi connectivity index (χ3v) is 4.85. The maximum absolute atomic E-state index is 12.0. The highest BCUT2D eigenvalue weighted by Crippen LogP contribution is 2.28. The van der Waals surface area contributed by atoms with E-state index in [0.29, 0.717) is 19.3 Å². The van der Waals surface area contributed by atoms with Gasteiger partial charge >= 0.3 is 0 Å². The van der Waals surface area contributed by atoms with E-state index in [9.17, 15) is 4.79 Å². The van der Waals surface area contributed by atoms with Crippen molar-refractivity contribution in [2.24, 2.45) is 0 Å². The van der Waals surface area contributed by atoms with Crippen molar-refractivity contribution < 1.29 is 4.74 Å². The van der Waals surface area contributed by atoms with Crippen molar-refractivity contribution in [1.29, 1.82) is 0 Å². The van der Waals surface area contributed by atoms with Gasteiger partial charge in [0.1, 0.15) is 5.02 Å². The summed E-state index contributed by atoms with van der Waals surface area (Å²) in [6, 6.07) is 0.376. The van der Waals surface area contributed by atoms with Crippen molar-refractivity contribution in [2.75, 3.05) is 13.2 Å². The Labute approximate surface area is 127 Å². The van der Waals surface area contributed by atoms with E-state index in [1.807, 2.05) is 0 Å². The van der Waals surface area contributed by atoms with Crippen LogP contribution in [-0.2, 0) is 11.4 Å². The van der Waals surface area contributed by atoms with E-state index >= 15 is 0 Å². The first kappa shape index (κ1) is 14.3. The first-order valence-electron chi connectivity index (χ1n) is 6.93. The Bertz CT molecular complexity index is 547. The predicted octanol–water partition coefficient (Wildman–Crippen LogP) is 2.15. The Kier molecular flexibility index (Phi) is 4.31. The number of halogens is 2. The minimum atomic E-state index is -0.335. The largest absolute Gasteiger partial charge is 0.375 e. The van der Waals surface area contributed by atoms with Gasteiger partial charge in [-0.15, -0.1) is 0 Å². The monoisotopic (exact) mass is 317 g/mol. The summed E-state index contributed by atoms with van der Waals surface area (Å²) in [7, 11) is 0. The fourth-order valence-electron chi connectivity index (χ4n) is 3.07. The van der Waals surface area contributed by atoms with Gasteiger partial charge in [-0.2, -0.15) is 5.10 Å². The van der Waals surface area contributed by atoms with E-state index in [-0.39, 0.29) is 21.7 Å². The normalized spacial score (nSPS) is 27.3. The number of rotatable bonds is 2. The zero-order valence-corrected chi connectivity index (χ0v) is 12.6. The molecule has 1 aromatic rings. The Morgan fingerprint density at radius 1 is 1.35 bits per heavy atom. The van der Waals surface area contributed by atoms with Gasteiger partial charge in [-0.1, -0.05) is 36.0 Å². The molecule has 2 fully saturated rings. The lowest BCUT2D eigenvalue weighted by Crippen LogP contribution is -2.53. The first-order valence-corrected chi connectivity index (χ1v) is 7.69. The van der Waals surface area contributed by atoms with E-state index in [2.05, 4.69) is 10.00 Å². The average molecular weight is 318 g/mol. The van der Waals surface area contributed by atoms with Gasteiger partial charge in [0.25, 0.3) is 5.56 Å². The van der Waals surface area contributed by atoms with Crippen molar-refractivity contribution in [3.05, 3.63) is 26.6 Å². The molecule has 1 aliphatic heterocycles. The summed E-state index contributed by atoms with van der Waals surface area (Å²) >= 11 is 11.7. The van der Waals surface area contributed by atoms with Crippen LogP contribution < -0.4 is 5.56 Å². The molecule has 2 aliphatic rings. The summed E-state index contributed by atoms with van der Waals surface area (Å²) in [5, 5.41) is 4.31. The van der Waals surface area contributed by atoms with Gasteiger partial charge in [-0.3, -0.25) is 9.69 Å². The van der Waals surface area contributed by atoms with E-state index in [0.717, 1.165) is 19.4 Å². The molecule has 1 aromatic heterocycles. The van der Waals surface area contributed by atoms with E-state index < -0.39 is 0 Å². The van der Waals surface area contributed by atoms with Gasteiger partial charge in [0.15, 0.2) is 0 Å². The topological polar surface area (TPSA) is 47.4 Å². The van der Waals surface area contributed by atoms with Crippen LogP contribution in [0.4, 0.5) is 0 Å². The summed E-state index contributed by atoms with van der Waals surface area (Å²) < 4.78 is 7.21. The second-order valence-corrected chi connectivity index (χ2v) is 6.11. The van der Waals surface area contributed by atoms with E-state index in [1.54, 1.807) is 0 Å². The third-order valence-electron chi connectivity index (χ3n) is 4.11. The maximum atomic E-state index is 12.0.